The molecule has 1 rings (SSSR count). The molecule has 1 unspecified atom stereocenters. The van der Waals surface area contributed by atoms with E-state index in [1.807, 2.05) is 0 Å². The Hall–Kier alpha value is -1.55. The van der Waals surface area contributed by atoms with E-state index in [0.29, 0.717) is 23.1 Å². The predicted octanol–water partition coefficient (Wildman–Crippen LogP) is 3.44. The summed E-state index contributed by atoms with van der Waals surface area (Å²) in [6, 6.07) is 6.00. The van der Waals surface area contributed by atoms with Crippen molar-refractivity contribution >= 4 is 23.5 Å². The molecule has 0 aliphatic rings. The lowest BCUT2D eigenvalue weighted by molar-refractivity contribution is -0.145. The molecule has 0 aromatic heterocycles. The number of esters is 1. The van der Waals surface area contributed by atoms with Gasteiger partial charge in [0.15, 0.2) is 0 Å². The average Bonchev–Trinajstić information content (AvgIpc) is 2.43. The maximum atomic E-state index is 12.0. The molecule has 0 radical (unpaired) electrons. The van der Waals surface area contributed by atoms with E-state index in [-0.39, 0.29) is 5.91 Å². The van der Waals surface area contributed by atoms with Crippen LogP contribution in [-0.4, -0.2) is 24.5 Å². The van der Waals surface area contributed by atoms with Gasteiger partial charge in [0.1, 0.15) is 6.04 Å². The first-order valence-corrected chi connectivity index (χ1v) is 7.51. The summed E-state index contributed by atoms with van der Waals surface area (Å²) in [5, 5.41) is 2.94. The van der Waals surface area contributed by atoms with Crippen molar-refractivity contribution in [3.05, 3.63) is 34.9 Å². The topological polar surface area (TPSA) is 55.4 Å². The number of hydrogen-bond donors (Lipinski definition) is 1. The summed E-state index contributed by atoms with van der Waals surface area (Å²) in [6.45, 7) is 6.21. The summed E-state index contributed by atoms with van der Waals surface area (Å²) in [5.74, 6) is -0.229. The fourth-order valence-corrected chi connectivity index (χ4v) is 1.99. The number of nitrogens with one attached hydrogen (secondary N) is 1. The lowest BCUT2D eigenvalue weighted by Crippen LogP contribution is -2.39. The van der Waals surface area contributed by atoms with Crippen LogP contribution in [0.15, 0.2) is 24.3 Å². The predicted molar refractivity (Wildman–Crippen MR) is 83.4 cm³/mol. The molecule has 4 nitrogen and oxygen atoms in total. The number of carbonyl (C=O) groups is 2. The SMILES string of the molecule is CC(C)CCCOC(=O)C(C)NC(=O)c1ccccc1Cl. The summed E-state index contributed by atoms with van der Waals surface area (Å²) < 4.78 is 5.13. The van der Waals surface area contributed by atoms with Gasteiger partial charge in [0, 0.05) is 0 Å². The van der Waals surface area contributed by atoms with Crippen LogP contribution in [-0.2, 0) is 9.53 Å². The Labute approximate surface area is 130 Å². The van der Waals surface area contributed by atoms with Crippen LogP contribution in [0.5, 0.6) is 0 Å². The summed E-state index contributed by atoms with van der Waals surface area (Å²) in [6.07, 6.45) is 1.84. The first-order chi connectivity index (χ1) is 9.91. The molecule has 1 aromatic rings. The van der Waals surface area contributed by atoms with Gasteiger partial charge in [-0.05, 0) is 37.8 Å². The van der Waals surface area contributed by atoms with Crippen LogP contribution in [0.1, 0.15) is 44.0 Å². The van der Waals surface area contributed by atoms with Gasteiger partial charge in [-0.3, -0.25) is 4.79 Å². The first-order valence-electron chi connectivity index (χ1n) is 7.14. The third-order valence-electron chi connectivity index (χ3n) is 2.99. The Balaban J connectivity index is 2.42. The van der Waals surface area contributed by atoms with Crippen LogP contribution in [0.25, 0.3) is 0 Å². The zero-order valence-corrected chi connectivity index (χ0v) is 13.4. The van der Waals surface area contributed by atoms with Crippen molar-refractivity contribution in [2.45, 2.75) is 39.7 Å². The molecule has 1 aromatic carbocycles. The molecule has 0 saturated heterocycles. The number of carbonyl (C=O) groups excluding carboxylic acids is 2. The van der Waals surface area contributed by atoms with Crippen LogP contribution in [0, 0.1) is 5.92 Å². The Morgan fingerprint density at radius 3 is 2.52 bits per heavy atom. The van der Waals surface area contributed by atoms with Crippen LogP contribution in [0.3, 0.4) is 0 Å². The fourth-order valence-electron chi connectivity index (χ4n) is 1.77. The van der Waals surface area contributed by atoms with Gasteiger partial charge in [0.05, 0.1) is 17.2 Å². The van der Waals surface area contributed by atoms with E-state index in [1.165, 1.54) is 0 Å². The van der Waals surface area contributed by atoms with E-state index >= 15 is 0 Å². The van der Waals surface area contributed by atoms with E-state index in [4.69, 9.17) is 16.3 Å². The van der Waals surface area contributed by atoms with Gasteiger partial charge in [0.25, 0.3) is 5.91 Å². The molecule has 0 fully saturated rings. The molecule has 21 heavy (non-hydrogen) atoms. The average molecular weight is 312 g/mol. The zero-order valence-electron chi connectivity index (χ0n) is 12.7. The minimum Gasteiger partial charge on any atom is -0.464 e. The molecule has 0 bridgehead atoms. The first kappa shape index (κ1) is 17.5. The number of rotatable bonds is 7. The standard InChI is InChI=1S/C16H22ClNO3/c1-11(2)7-6-10-21-16(20)12(3)18-15(19)13-8-4-5-9-14(13)17/h4-5,8-9,11-12H,6-7,10H2,1-3H3,(H,18,19). The van der Waals surface area contributed by atoms with Gasteiger partial charge < -0.3 is 10.1 Å². The number of halogens is 1. The van der Waals surface area contributed by atoms with Gasteiger partial charge in [-0.15, -0.1) is 0 Å². The summed E-state index contributed by atoms with van der Waals surface area (Å²) in [5.41, 5.74) is 0.346. The molecule has 0 saturated carbocycles. The second-order valence-electron chi connectivity index (χ2n) is 5.38. The highest BCUT2D eigenvalue weighted by Crippen LogP contribution is 2.14. The highest BCUT2D eigenvalue weighted by molar-refractivity contribution is 6.33. The number of hydrogen-bond acceptors (Lipinski definition) is 3. The molecule has 5 heteroatoms. The minimum atomic E-state index is -0.701. The molecule has 0 heterocycles. The van der Waals surface area contributed by atoms with Crippen molar-refractivity contribution < 1.29 is 14.3 Å². The summed E-state index contributed by atoms with van der Waals surface area (Å²) in [7, 11) is 0. The van der Waals surface area contributed by atoms with E-state index in [0.717, 1.165) is 12.8 Å². The fraction of sp³-hybridized carbons (Fsp3) is 0.500. The summed E-state index contributed by atoms with van der Waals surface area (Å²) in [4.78, 5) is 23.8. The second-order valence-corrected chi connectivity index (χ2v) is 5.79. The minimum absolute atomic E-state index is 0.346. The van der Waals surface area contributed by atoms with Crippen molar-refractivity contribution in [2.75, 3.05) is 6.61 Å². The van der Waals surface area contributed by atoms with Crippen molar-refractivity contribution in [1.29, 1.82) is 0 Å². The third-order valence-corrected chi connectivity index (χ3v) is 3.32. The van der Waals surface area contributed by atoms with Crippen LogP contribution in [0.2, 0.25) is 5.02 Å². The molecule has 1 atom stereocenters. The molecular weight excluding hydrogens is 290 g/mol. The van der Waals surface area contributed by atoms with Crippen molar-refractivity contribution in [2.24, 2.45) is 5.92 Å². The monoisotopic (exact) mass is 311 g/mol. The molecule has 1 amide bonds. The molecule has 0 aliphatic heterocycles. The van der Waals surface area contributed by atoms with Gasteiger partial charge in [-0.25, -0.2) is 4.79 Å². The van der Waals surface area contributed by atoms with Crippen LogP contribution >= 0.6 is 11.6 Å². The molecule has 116 valence electrons. The Bertz CT molecular complexity index is 488. The van der Waals surface area contributed by atoms with Crippen molar-refractivity contribution in [1.82, 2.24) is 5.32 Å². The van der Waals surface area contributed by atoms with Crippen LogP contribution < -0.4 is 5.32 Å². The maximum Gasteiger partial charge on any atom is 0.328 e. The molecule has 0 spiro atoms. The molecular formula is C16H22ClNO3. The molecule has 0 aliphatic carbocycles. The van der Waals surface area contributed by atoms with Gasteiger partial charge in [0.2, 0.25) is 0 Å². The smallest absolute Gasteiger partial charge is 0.328 e. The molecule has 1 N–H and O–H groups in total. The normalized spacial score (nSPS) is 12.0. The van der Waals surface area contributed by atoms with E-state index in [1.54, 1.807) is 31.2 Å². The van der Waals surface area contributed by atoms with Gasteiger partial charge in [-0.2, -0.15) is 0 Å². The van der Waals surface area contributed by atoms with Crippen molar-refractivity contribution in [3.8, 4) is 0 Å². The maximum absolute atomic E-state index is 12.0. The highest BCUT2D eigenvalue weighted by atomic mass is 35.5. The number of amides is 1. The second kappa shape index (κ2) is 8.67. The number of ether oxygens (including phenoxy) is 1. The Morgan fingerprint density at radius 2 is 1.90 bits per heavy atom. The number of benzene rings is 1. The van der Waals surface area contributed by atoms with Gasteiger partial charge >= 0.3 is 5.97 Å². The third kappa shape index (κ3) is 6.17. The van der Waals surface area contributed by atoms with E-state index in [2.05, 4.69) is 19.2 Å². The quantitative estimate of drug-likeness (QED) is 0.620. The largest absolute Gasteiger partial charge is 0.464 e. The zero-order chi connectivity index (χ0) is 15.8. The van der Waals surface area contributed by atoms with E-state index < -0.39 is 12.0 Å². The Morgan fingerprint density at radius 1 is 1.24 bits per heavy atom. The van der Waals surface area contributed by atoms with Crippen molar-refractivity contribution in [3.63, 3.8) is 0 Å². The lowest BCUT2D eigenvalue weighted by Gasteiger charge is -2.14. The Kier molecular flexibility index (Phi) is 7.23. The van der Waals surface area contributed by atoms with E-state index in [9.17, 15) is 9.59 Å². The summed E-state index contributed by atoms with van der Waals surface area (Å²) >= 11 is 5.94. The van der Waals surface area contributed by atoms with Gasteiger partial charge in [-0.1, -0.05) is 37.6 Å². The lowest BCUT2D eigenvalue weighted by atomic mass is 10.1. The highest BCUT2D eigenvalue weighted by Gasteiger charge is 2.19. The van der Waals surface area contributed by atoms with Crippen LogP contribution in [0.4, 0.5) is 0 Å².